The van der Waals surface area contributed by atoms with E-state index in [2.05, 4.69) is 24.0 Å². The van der Waals surface area contributed by atoms with E-state index in [-0.39, 0.29) is 17.8 Å². The summed E-state index contributed by atoms with van der Waals surface area (Å²) in [7, 11) is -0.849. The molecule has 0 saturated carbocycles. The van der Waals surface area contributed by atoms with Crippen LogP contribution in [0.1, 0.15) is 29.1 Å². The Morgan fingerprint density at radius 2 is 2.26 bits per heavy atom. The van der Waals surface area contributed by atoms with E-state index in [1.54, 1.807) is 11.3 Å². The van der Waals surface area contributed by atoms with Gasteiger partial charge in [0.2, 0.25) is 0 Å². The van der Waals surface area contributed by atoms with Crippen LogP contribution < -0.4 is 5.73 Å². The van der Waals surface area contributed by atoms with Crippen molar-refractivity contribution in [3.05, 3.63) is 21.9 Å². The summed E-state index contributed by atoms with van der Waals surface area (Å²) in [5, 5.41) is 0. The zero-order chi connectivity index (χ0) is 14.0. The van der Waals surface area contributed by atoms with Crippen LogP contribution in [0, 0.1) is 0 Å². The highest BCUT2D eigenvalue weighted by Gasteiger charge is 2.33. The largest absolute Gasteiger partial charge is 0.329 e. The quantitative estimate of drug-likeness (QED) is 0.894. The highest BCUT2D eigenvalue weighted by Crippen LogP contribution is 2.30. The molecule has 2 heterocycles. The topological polar surface area (TPSA) is 63.4 Å². The smallest absolute Gasteiger partial charge is 0.151 e. The molecule has 1 aromatic rings. The maximum atomic E-state index is 11.6. The molecule has 0 spiro atoms. The number of nitrogens with zero attached hydrogens (tertiary/aromatic N) is 1. The highest BCUT2D eigenvalue weighted by molar-refractivity contribution is 7.91. The lowest BCUT2D eigenvalue weighted by atomic mass is 10.1. The molecular weight excluding hydrogens is 280 g/mol. The van der Waals surface area contributed by atoms with E-state index in [4.69, 9.17) is 5.73 Å². The zero-order valence-corrected chi connectivity index (χ0v) is 13.1. The maximum Gasteiger partial charge on any atom is 0.151 e. The third-order valence-electron chi connectivity index (χ3n) is 3.86. The first kappa shape index (κ1) is 15.0. The van der Waals surface area contributed by atoms with Crippen LogP contribution >= 0.6 is 11.3 Å². The van der Waals surface area contributed by atoms with Crippen molar-refractivity contribution < 1.29 is 8.42 Å². The minimum absolute atomic E-state index is 0.103. The Hall–Kier alpha value is -0.430. The fourth-order valence-electron chi connectivity index (χ4n) is 2.60. The standard InChI is InChI=1S/C13H22N2O2S2/c1-3-11-4-5-13(18-11)12(8-14)15(2)10-6-7-19(16,17)9-10/h4-5,10,12H,3,6-9,14H2,1-2H3. The van der Waals surface area contributed by atoms with Crippen molar-refractivity contribution in [3.8, 4) is 0 Å². The van der Waals surface area contributed by atoms with Crippen LogP contribution in [0.4, 0.5) is 0 Å². The summed E-state index contributed by atoms with van der Waals surface area (Å²) in [5.74, 6) is 0.579. The first-order valence-corrected chi connectivity index (χ1v) is 9.31. The van der Waals surface area contributed by atoms with Crippen LogP contribution in [0.25, 0.3) is 0 Å². The second-order valence-electron chi connectivity index (χ2n) is 5.13. The molecule has 0 bridgehead atoms. The van der Waals surface area contributed by atoms with Crippen LogP contribution in [0.5, 0.6) is 0 Å². The Morgan fingerprint density at radius 3 is 2.74 bits per heavy atom. The fourth-order valence-corrected chi connectivity index (χ4v) is 5.50. The lowest BCUT2D eigenvalue weighted by molar-refractivity contribution is 0.195. The number of thiophene rings is 1. The van der Waals surface area contributed by atoms with Crippen molar-refractivity contribution in [2.45, 2.75) is 31.8 Å². The third kappa shape index (κ3) is 3.37. The first-order valence-electron chi connectivity index (χ1n) is 6.68. The van der Waals surface area contributed by atoms with Gasteiger partial charge in [0.05, 0.1) is 17.5 Å². The second-order valence-corrected chi connectivity index (χ2v) is 8.56. The number of hydrogen-bond acceptors (Lipinski definition) is 5. The van der Waals surface area contributed by atoms with Crippen LogP contribution in [0.15, 0.2) is 12.1 Å². The SMILES string of the molecule is CCc1ccc(C(CN)N(C)C2CCS(=O)(=O)C2)s1. The number of hydrogen-bond donors (Lipinski definition) is 1. The van der Waals surface area contributed by atoms with Crippen molar-refractivity contribution in [2.24, 2.45) is 5.73 Å². The van der Waals surface area contributed by atoms with Crippen LogP contribution in [0.3, 0.4) is 0 Å². The van der Waals surface area contributed by atoms with Gasteiger partial charge in [-0.05, 0) is 32.0 Å². The Balaban J connectivity index is 2.13. The number of likely N-dealkylation sites (N-methyl/N-ethyl adjacent to an activating group) is 1. The predicted molar refractivity (Wildman–Crippen MR) is 80.3 cm³/mol. The summed E-state index contributed by atoms with van der Waals surface area (Å²) in [6, 6.07) is 4.50. The molecule has 1 aliphatic rings. The Labute approximate surface area is 119 Å². The van der Waals surface area contributed by atoms with Gasteiger partial charge in [-0.15, -0.1) is 11.3 Å². The molecule has 19 heavy (non-hydrogen) atoms. The molecule has 1 aliphatic heterocycles. The molecule has 4 nitrogen and oxygen atoms in total. The zero-order valence-electron chi connectivity index (χ0n) is 11.5. The summed E-state index contributed by atoms with van der Waals surface area (Å²) in [5.41, 5.74) is 5.91. The van der Waals surface area contributed by atoms with E-state index in [1.807, 2.05) is 7.05 Å². The molecule has 1 fully saturated rings. The Morgan fingerprint density at radius 1 is 1.53 bits per heavy atom. The van der Waals surface area contributed by atoms with Crippen molar-refractivity contribution in [2.75, 3.05) is 25.1 Å². The van der Waals surface area contributed by atoms with Gasteiger partial charge >= 0.3 is 0 Å². The van der Waals surface area contributed by atoms with Crippen molar-refractivity contribution in [1.29, 1.82) is 0 Å². The minimum atomic E-state index is -2.84. The van der Waals surface area contributed by atoms with Gasteiger partial charge in [-0.25, -0.2) is 8.42 Å². The van der Waals surface area contributed by atoms with Gasteiger partial charge < -0.3 is 5.73 Å². The van der Waals surface area contributed by atoms with Crippen molar-refractivity contribution in [1.82, 2.24) is 4.90 Å². The van der Waals surface area contributed by atoms with Gasteiger partial charge in [0.15, 0.2) is 9.84 Å². The van der Waals surface area contributed by atoms with Gasteiger partial charge in [0, 0.05) is 22.3 Å². The summed E-state index contributed by atoms with van der Waals surface area (Å²) < 4.78 is 23.2. The third-order valence-corrected chi connectivity index (χ3v) is 6.94. The number of sulfone groups is 1. The maximum absolute atomic E-state index is 11.6. The van der Waals surface area contributed by atoms with E-state index in [9.17, 15) is 8.42 Å². The number of nitrogens with two attached hydrogens (primary N) is 1. The Kier molecular flexibility index (Phi) is 4.66. The molecule has 0 aromatic carbocycles. The molecule has 2 N–H and O–H groups in total. The van der Waals surface area contributed by atoms with Crippen molar-refractivity contribution >= 4 is 21.2 Å². The molecule has 6 heteroatoms. The summed E-state index contributed by atoms with van der Waals surface area (Å²) in [4.78, 5) is 4.74. The van der Waals surface area contributed by atoms with E-state index >= 15 is 0 Å². The molecule has 0 amide bonds. The van der Waals surface area contributed by atoms with Crippen LogP contribution in [-0.2, 0) is 16.3 Å². The molecular formula is C13H22N2O2S2. The van der Waals surface area contributed by atoms with Crippen LogP contribution in [-0.4, -0.2) is 44.5 Å². The van der Waals surface area contributed by atoms with E-state index in [0.29, 0.717) is 12.3 Å². The molecule has 2 rings (SSSR count). The normalized spacial score (nSPS) is 23.9. The van der Waals surface area contributed by atoms with Gasteiger partial charge in [-0.3, -0.25) is 4.90 Å². The summed E-state index contributed by atoms with van der Waals surface area (Å²) in [6.07, 6.45) is 1.75. The monoisotopic (exact) mass is 302 g/mol. The molecule has 108 valence electrons. The highest BCUT2D eigenvalue weighted by atomic mass is 32.2. The lowest BCUT2D eigenvalue weighted by Gasteiger charge is -2.31. The molecule has 0 radical (unpaired) electrons. The summed E-state index contributed by atoms with van der Waals surface area (Å²) >= 11 is 1.78. The van der Waals surface area contributed by atoms with Crippen molar-refractivity contribution in [3.63, 3.8) is 0 Å². The van der Waals surface area contributed by atoms with Gasteiger partial charge in [-0.2, -0.15) is 0 Å². The lowest BCUT2D eigenvalue weighted by Crippen LogP contribution is -2.39. The van der Waals surface area contributed by atoms with Crippen LogP contribution in [0.2, 0.25) is 0 Å². The van der Waals surface area contributed by atoms with Gasteiger partial charge in [0.1, 0.15) is 0 Å². The van der Waals surface area contributed by atoms with Gasteiger partial charge in [-0.1, -0.05) is 6.92 Å². The number of rotatable bonds is 5. The molecule has 2 unspecified atom stereocenters. The summed E-state index contributed by atoms with van der Waals surface area (Å²) in [6.45, 7) is 2.66. The predicted octanol–water partition coefficient (Wildman–Crippen LogP) is 1.43. The molecule has 0 aliphatic carbocycles. The van der Waals surface area contributed by atoms with E-state index in [1.165, 1.54) is 9.75 Å². The molecule has 1 saturated heterocycles. The first-order chi connectivity index (χ1) is 8.96. The fraction of sp³-hybridized carbons (Fsp3) is 0.692. The second kappa shape index (κ2) is 5.91. The average Bonchev–Trinajstić information content (AvgIpc) is 2.96. The molecule has 2 atom stereocenters. The van der Waals surface area contributed by atoms with E-state index < -0.39 is 9.84 Å². The van der Waals surface area contributed by atoms with Gasteiger partial charge in [0.25, 0.3) is 0 Å². The Bertz CT molecular complexity index is 525. The van der Waals surface area contributed by atoms with E-state index in [0.717, 1.165) is 12.8 Å². The average molecular weight is 302 g/mol. The molecule has 1 aromatic heterocycles. The number of aryl methyl sites for hydroxylation is 1. The minimum Gasteiger partial charge on any atom is -0.329 e.